The van der Waals surface area contributed by atoms with Crippen LogP contribution in [0.25, 0.3) is 0 Å². The number of nitrogens with one attached hydrogen (secondary N) is 1. The molecule has 1 saturated carbocycles. The van der Waals surface area contributed by atoms with E-state index in [1.807, 2.05) is 11.7 Å². The van der Waals surface area contributed by atoms with Crippen LogP contribution < -0.4 is 5.32 Å². The highest BCUT2D eigenvalue weighted by Gasteiger charge is 2.30. The molecule has 0 aromatic carbocycles. The van der Waals surface area contributed by atoms with E-state index >= 15 is 0 Å². The van der Waals surface area contributed by atoms with E-state index in [0.717, 1.165) is 23.2 Å². The predicted molar refractivity (Wildman–Crippen MR) is 85.0 cm³/mol. The third kappa shape index (κ3) is 3.56. The Hall–Kier alpha value is -0.540. The van der Waals surface area contributed by atoms with Gasteiger partial charge >= 0.3 is 0 Å². The van der Waals surface area contributed by atoms with E-state index in [0.29, 0.717) is 12.0 Å². The summed E-state index contributed by atoms with van der Waals surface area (Å²) < 4.78 is 1.94. The Bertz CT molecular complexity index is 388. The Labute approximate surface area is 128 Å². The minimum absolute atomic E-state index is 0.350. The van der Waals surface area contributed by atoms with Crippen LogP contribution in [-0.4, -0.2) is 16.3 Å². The monoisotopic (exact) mass is 297 g/mol. The van der Waals surface area contributed by atoms with Crippen LogP contribution in [0.5, 0.6) is 0 Å². The molecule has 4 heteroatoms. The fourth-order valence-electron chi connectivity index (χ4n) is 3.70. The number of hydrogen-bond acceptors (Lipinski definition) is 2. The summed E-state index contributed by atoms with van der Waals surface area (Å²) in [6.45, 7) is 5.43. The molecule has 114 valence electrons. The molecule has 1 fully saturated rings. The molecule has 1 atom stereocenters. The van der Waals surface area contributed by atoms with Gasteiger partial charge in [0.25, 0.3) is 0 Å². The van der Waals surface area contributed by atoms with Gasteiger partial charge in [-0.25, -0.2) is 0 Å². The first kappa shape index (κ1) is 15.8. The highest BCUT2D eigenvalue weighted by atomic mass is 35.5. The number of aryl methyl sites for hydroxylation is 1. The van der Waals surface area contributed by atoms with Gasteiger partial charge in [-0.15, -0.1) is 0 Å². The van der Waals surface area contributed by atoms with Crippen LogP contribution in [-0.2, 0) is 7.05 Å². The molecule has 1 heterocycles. The van der Waals surface area contributed by atoms with Gasteiger partial charge in [-0.1, -0.05) is 51.1 Å². The van der Waals surface area contributed by atoms with Crippen molar-refractivity contribution in [2.75, 3.05) is 6.54 Å². The number of aromatic nitrogens is 2. The molecular formula is C16H28ClN3. The van der Waals surface area contributed by atoms with E-state index < -0.39 is 0 Å². The third-order valence-electron chi connectivity index (χ3n) is 4.72. The highest BCUT2D eigenvalue weighted by Crippen LogP contribution is 2.39. The van der Waals surface area contributed by atoms with Crippen LogP contribution >= 0.6 is 11.6 Å². The van der Waals surface area contributed by atoms with Gasteiger partial charge in [-0.05, 0) is 31.2 Å². The van der Waals surface area contributed by atoms with Gasteiger partial charge in [0.2, 0.25) is 0 Å². The summed E-state index contributed by atoms with van der Waals surface area (Å²) in [6.07, 6.45) is 9.84. The van der Waals surface area contributed by atoms with Gasteiger partial charge in [-0.3, -0.25) is 4.68 Å². The molecule has 1 N–H and O–H groups in total. The van der Waals surface area contributed by atoms with Gasteiger partial charge in [-0.2, -0.15) is 5.10 Å². The maximum atomic E-state index is 6.35. The molecule has 3 nitrogen and oxygen atoms in total. The molecule has 0 bridgehead atoms. The van der Waals surface area contributed by atoms with Gasteiger partial charge in [0.15, 0.2) is 0 Å². The largest absolute Gasteiger partial charge is 0.309 e. The van der Waals surface area contributed by atoms with E-state index in [9.17, 15) is 0 Å². The Morgan fingerprint density at radius 1 is 1.35 bits per heavy atom. The van der Waals surface area contributed by atoms with Crippen LogP contribution in [0.1, 0.15) is 64.1 Å². The average Bonchev–Trinajstić information content (AvgIpc) is 2.77. The van der Waals surface area contributed by atoms with Crippen molar-refractivity contribution in [3.05, 3.63) is 16.9 Å². The standard InChI is InChI=1S/C16H28ClN3/c1-4-6-12-7-9-13(10-8-12)15(18-5-2)16-14(17)11-19-20(16)3/h11-13,15,18H,4-10H2,1-3H3. The lowest BCUT2D eigenvalue weighted by Gasteiger charge is -2.34. The fourth-order valence-corrected chi connectivity index (χ4v) is 3.98. The van der Waals surface area contributed by atoms with Crippen molar-refractivity contribution >= 4 is 11.6 Å². The quantitative estimate of drug-likeness (QED) is 0.847. The third-order valence-corrected chi connectivity index (χ3v) is 5.01. The number of hydrogen-bond donors (Lipinski definition) is 1. The second-order valence-corrected chi connectivity index (χ2v) is 6.51. The van der Waals surface area contributed by atoms with Crippen molar-refractivity contribution in [1.82, 2.24) is 15.1 Å². The molecule has 1 aromatic heterocycles. The van der Waals surface area contributed by atoms with Crippen LogP contribution in [0.3, 0.4) is 0 Å². The molecule has 1 aliphatic rings. The van der Waals surface area contributed by atoms with Crippen molar-refractivity contribution in [3.63, 3.8) is 0 Å². The number of halogens is 1. The smallest absolute Gasteiger partial charge is 0.0834 e. The summed E-state index contributed by atoms with van der Waals surface area (Å²) in [5.74, 6) is 1.64. The molecule has 1 aliphatic carbocycles. The van der Waals surface area contributed by atoms with Crippen LogP contribution in [0, 0.1) is 11.8 Å². The minimum Gasteiger partial charge on any atom is -0.309 e. The second kappa shape index (κ2) is 7.46. The van der Waals surface area contributed by atoms with E-state index in [4.69, 9.17) is 11.6 Å². The molecule has 20 heavy (non-hydrogen) atoms. The van der Waals surface area contributed by atoms with Gasteiger partial charge in [0.05, 0.1) is 23.0 Å². The Morgan fingerprint density at radius 2 is 2.05 bits per heavy atom. The van der Waals surface area contributed by atoms with Crippen molar-refractivity contribution < 1.29 is 0 Å². The van der Waals surface area contributed by atoms with Gasteiger partial charge < -0.3 is 5.32 Å². The molecule has 2 rings (SSSR count). The summed E-state index contributed by atoms with van der Waals surface area (Å²) >= 11 is 6.35. The topological polar surface area (TPSA) is 29.9 Å². The summed E-state index contributed by atoms with van der Waals surface area (Å²) in [6, 6.07) is 0.350. The molecule has 0 spiro atoms. The zero-order chi connectivity index (χ0) is 14.5. The van der Waals surface area contributed by atoms with Crippen molar-refractivity contribution in [2.24, 2.45) is 18.9 Å². The van der Waals surface area contributed by atoms with E-state index in [1.54, 1.807) is 6.20 Å². The molecular weight excluding hydrogens is 270 g/mol. The summed E-state index contributed by atoms with van der Waals surface area (Å²) in [5, 5.41) is 8.74. The molecule has 0 aliphatic heterocycles. The summed E-state index contributed by atoms with van der Waals surface area (Å²) in [5.41, 5.74) is 1.16. The first-order chi connectivity index (χ1) is 9.67. The normalized spacial score (nSPS) is 24.8. The van der Waals surface area contributed by atoms with Crippen molar-refractivity contribution in [3.8, 4) is 0 Å². The first-order valence-electron chi connectivity index (χ1n) is 8.08. The SMILES string of the molecule is CCCC1CCC(C(NCC)c2c(Cl)cnn2C)CC1. The summed E-state index contributed by atoms with van der Waals surface area (Å²) in [7, 11) is 1.99. The van der Waals surface area contributed by atoms with Crippen molar-refractivity contribution in [2.45, 2.75) is 58.4 Å². The first-order valence-corrected chi connectivity index (χ1v) is 8.45. The highest BCUT2D eigenvalue weighted by molar-refractivity contribution is 6.31. The molecule has 0 saturated heterocycles. The molecule has 1 unspecified atom stereocenters. The number of rotatable bonds is 6. The minimum atomic E-state index is 0.350. The Balaban J connectivity index is 2.07. The van der Waals surface area contributed by atoms with Crippen LogP contribution in [0.4, 0.5) is 0 Å². The maximum absolute atomic E-state index is 6.35. The molecule has 1 aromatic rings. The lowest BCUT2D eigenvalue weighted by atomic mass is 9.76. The zero-order valence-corrected chi connectivity index (χ0v) is 13.8. The maximum Gasteiger partial charge on any atom is 0.0834 e. The lowest BCUT2D eigenvalue weighted by Crippen LogP contribution is -2.32. The van der Waals surface area contributed by atoms with E-state index in [2.05, 4.69) is 24.3 Å². The second-order valence-electron chi connectivity index (χ2n) is 6.11. The van der Waals surface area contributed by atoms with Crippen LogP contribution in [0.15, 0.2) is 6.20 Å². The Morgan fingerprint density at radius 3 is 2.55 bits per heavy atom. The zero-order valence-electron chi connectivity index (χ0n) is 13.0. The Kier molecular flexibility index (Phi) is 5.91. The number of nitrogens with zero attached hydrogens (tertiary/aromatic N) is 2. The molecule has 0 radical (unpaired) electrons. The average molecular weight is 298 g/mol. The van der Waals surface area contributed by atoms with E-state index in [-0.39, 0.29) is 0 Å². The molecule has 0 amide bonds. The summed E-state index contributed by atoms with van der Waals surface area (Å²) in [4.78, 5) is 0. The van der Waals surface area contributed by atoms with Gasteiger partial charge in [0, 0.05) is 7.05 Å². The fraction of sp³-hybridized carbons (Fsp3) is 0.812. The predicted octanol–water partition coefficient (Wildman–Crippen LogP) is 4.33. The van der Waals surface area contributed by atoms with E-state index in [1.165, 1.54) is 38.5 Å². The van der Waals surface area contributed by atoms with Gasteiger partial charge in [0.1, 0.15) is 0 Å². The van der Waals surface area contributed by atoms with Crippen LogP contribution in [0.2, 0.25) is 5.02 Å². The lowest BCUT2D eigenvalue weighted by molar-refractivity contribution is 0.211. The van der Waals surface area contributed by atoms with Crippen molar-refractivity contribution in [1.29, 1.82) is 0 Å².